The zero-order chi connectivity index (χ0) is 19.4. The van der Waals surface area contributed by atoms with Gasteiger partial charge in [-0.3, -0.25) is 14.2 Å². The second kappa shape index (κ2) is 8.58. The Balaban J connectivity index is 2.03. The topological polar surface area (TPSA) is 73.2 Å². The van der Waals surface area contributed by atoms with E-state index in [0.717, 1.165) is 6.42 Å². The van der Waals surface area contributed by atoms with Crippen molar-refractivity contribution in [3.63, 3.8) is 0 Å². The van der Waals surface area contributed by atoms with Crippen LogP contribution in [0.25, 0.3) is 15.9 Å². The number of hydrogen-bond donors (Lipinski definition) is 1. The number of fused-ring (bicyclic) bond motifs is 1. The number of rotatable bonds is 7. The molecule has 0 saturated carbocycles. The second-order valence-corrected chi connectivity index (χ2v) is 7.87. The molecular formula is C19H21N3O3S2. The van der Waals surface area contributed by atoms with E-state index in [1.807, 2.05) is 43.5 Å². The molecule has 2 aromatic heterocycles. The monoisotopic (exact) mass is 403 g/mol. The molecule has 1 amide bonds. The molecule has 3 aromatic rings. The van der Waals surface area contributed by atoms with Crippen molar-refractivity contribution in [2.45, 2.75) is 31.5 Å². The fourth-order valence-corrected chi connectivity index (χ4v) is 4.14. The van der Waals surface area contributed by atoms with Crippen LogP contribution in [-0.2, 0) is 4.79 Å². The van der Waals surface area contributed by atoms with Crippen LogP contribution in [0.15, 0.2) is 45.7 Å². The highest BCUT2D eigenvalue weighted by atomic mass is 32.2. The smallest absolute Gasteiger partial charge is 0.276 e. The number of nitrogens with zero attached hydrogens (tertiary/aromatic N) is 2. The van der Waals surface area contributed by atoms with Gasteiger partial charge in [-0.15, -0.1) is 11.3 Å². The van der Waals surface area contributed by atoms with E-state index in [-0.39, 0.29) is 23.3 Å². The normalized spacial score (nSPS) is 12.1. The van der Waals surface area contributed by atoms with Gasteiger partial charge in [-0.2, -0.15) is 0 Å². The molecule has 6 nitrogen and oxygen atoms in total. The number of aromatic nitrogens is 2. The second-order valence-electron chi connectivity index (χ2n) is 6.01. The van der Waals surface area contributed by atoms with Crippen LogP contribution in [0.2, 0.25) is 0 Å². The van der Waals surface area contributed by atoms with E-state index in [0.29, 0.717) is 26.8 Å². The number of carbonyl (C=O) groups is 1. The predicted octanol–water partition coefficient (Wildman–Crippen LogP) is 3.46. The van der Waals surface area contributed by atoms with E-state index in [2.05, 4.69) is 10.3 Å². The zero-order valence-electron chi connectivity index (χ0n) is 15.4. The maximum atomic E-state index is 13.1. The maximum Gasteiger partial charge on any atom is 0.276 e. The molecule has 1 N–H and O–H groups in total. The Labute approximate surface area is 165 Å². The van der Waals surface area contributed by atoms with Gasteiger partial charge in [0.15, 0.2) is 5.16 Å². The molecule has 3 rings (SSSR count). The third-order valence-electron chi connectivity index (χ3n) is 4.13. The number of nitrogens with one attached hydrogen (secondary N) is 1. The molecule has 0 fully saturated rings. The standard InChI is InChI=1S/C19H21N3O3S2/c1-4-12(2)20-16(23)11-27-19-21-13-9-10-26-17(13)18(24)22(19)14-7-5-6-8-15(14)25-3/h5-10,12H,4,11H2,1-3H3,(H,20,23)/t12-/m1/s1. The number of carbonyl (C=O) groups excluding carboxylic acids is 1. The Morgan fingerprint density at radius 3 is 2.89 bits per heavy atom. The highest BCUT2D eigenvalue weighted by Crippen LogP contribution is 2.28. The van der Waals surface area contributed by atoms with Crippen LogP contribution in [0.3, 0.4) is 0 Å². The minimum Gasteiger partial charge on any atom is -0.495 e. The molecule has 142 valence electrons. The molecule has 0 bridgehead atoms. The van der Waals surface area contributed by atoms with Crippen molar-refractivity contribution in [3.05, 3.63) is 46.1 Å². The summed E-state index contributed by atoms with van der Waals surface area (Å²) in [6.07, 6.45) is 0.863. The van der Waals surface area contributed by atoms with E-state index in [4.69, 9.17) is 4.74 Å². The Kier molecular flexibility index (Phi) is 6.18. The Bertz CT molecular complexity index is 1010. The van der Waals surface area contributed by atoms with Crippen LogP contribution in [0.5, 0.6) is 5.75 Å². The van der Waals surface area contributed by atoms with Gasteiger partial charge in [-0.05, 0) is 36.9 Å². The van der Waals surface area contributed by atoms with Gasteiger partial charge < -0.3 is 10.1 Å². The predicted molar refractivity (Wildman–Crippen MR) is 110 cm³/mol. The number of methoxy groups -OCH3 is 1. The van der Waals surface area contributed by atoms with E-state index in [1.165, 1.54) is 27.7 Å². The minimum absolute atomic E-state index is 0.0828. The molecule has 1 aromatic carbocycles. The van der Waals surface area contributed by atoms with Crippen LogP contribution in [-0.4, -0.2) is 34.4 Å². The summed E-state index contributed by atoms with van der Waals surface area (Å²) in [6.45, 7) is 3.98. The average Bonchev–Trinajstić information content (AvgIpc) is 3.15. The van der Waals surface area contributed by atoms with E-state index in [9.17, 15) is 9.59 Å². The van der Waals surface area contributed by atoms with Gasteiger partial charge >= 0.3 is 0 Å². The summed E-state index contributed by atoms with van der Waals surface area (Å²) in [4.78, 5) is 29.9. The van der Waals surface area contributed by atoms with Crippen LogP contribution in [0.4, 0.5) is 0 Å². The van der Waals surface area contributed by atoms with Crippen LogP contribution in [0.1, 0.15) is 20.3 Å². The van der Waals surface area contributed by atoms with Crippen molar-refractivity contribution < 1.29 is 9.53 Å². The van der Waals surface area contributed by atoms with Crippen LogP contribution < -0.4 is 15.6 Å². The third-order valence-corrected chi connectivity index (χ3v) is 5.96. The first-order valence-electron chi connectivity index (χ1n) is 8.61. The number of amides is 1. The molecule has 0 spiro atoms. The Morgan fingerprint density at radius 1 is 1.37 bits per heavy atom. The highest BCUT2D eigenvalue weighted by Gasteiger charge is 2.18. The summed E-state index contributed by atoms with van der Waals surface area (Å²) in [5.41, 5.74) is 1.09. The fraction of sp³-hybridized carbons (Fsp3) is 0.316. The lowest BCUT2D eigenvalue weighted by atomic mass is 10.3. The summed E-state index contributed by atoms with van der Waals surface area (Å²) >= 11 is 2.60. The lowest BCUT2D eigenvalue weighted by Crippen LogP contribution is -2.33. The van der Waals surface area contributed by atoms with Crippen molar-refractivity contribution >= 4 is 39.2 Å². The number of thiophene rings is 1. The van der Waals surface area contributed by atoms with Crippen molar-refractivity contribution in [1.29, 1.82) is 0 Å². The van der Waals surface area contributed by atoms with Crippen LogP contribution in [0, 0.1) is 0 Å². The highest BCUT2D eigenvalue weighted by molar-refractivity contribution is 7.99. The van der Waals surface area contributed by atoms with Gasteiger partial charge in [0.25, 0.3) is 5.56 Å². The molecule has 0 saturated heterocycles. The Morgan fingerprint density at radius 2 is 2.15 bits per heavy atom. The number of ether oxygens (including phenoxy) is 1. The van der Waals surface area contributed by atoms with Crippen molar-refractivity contribution in [2.24, 2.45) is 0 Å². The molecule has 0 aliphatic carbocycles. The summed E-state index contributed by atoms with van der Waals surface area (Å²) < 4.78 is 7.53. The first-order valence-corrected chi connectivity index (χ1v) is 10.5. The molecule has 0 unspecified atom stereocenters. The lowest BCUT2D eigenvalue weighted by Gasteiger charge is -2.15. The molecular weight excluding hydrogens is 382 g/mol. The van der Waals surface area contributed by atoms with E-state index >= 15 is 0 Å². The lowest BCUT2D eigenvalue weighted by molar-refractivity contribution is -0.119. The molecule has 8 heteroatoms. The quantitative estimate of drug-likeness (QED) is 0.483. The zero-order valence-corrected chi connectivity index (χ0v) is 17.0. The van der Waals surface area contributed by atoms with Gasteiger partial charge in [0.05, 0.1) is 24.1 Å². The molecule has 0 radical (unpaired) electrons. The van der Waals surface area contributed by atoms with Crippen molar-refractivity contribution in [3.8, 4) is 11.4 Å². The van der Waals surface area contributed by atoms with Crippen LogP contribution >= 0.6 is 23.1 Å². The SMILES string of the molecule is CC[C@@H](C)NC(=O)CSc1nc2ccsc2c(=O)n1-c1ccccc1OC. The molecule has 2 heterocycles. The van der Waals surface area contributed by atoms with Crippen molar-refractivity contribution in [2.75, 3.05) is 12.9 Å². The summed E-state index contributed by atoms with van der Waals surface area (Å²) in [6, 6.07) is 9.22. The van der Waals surface area contributed by atoms with E-state index in [1.54, 1.807) is 13.2 Å². The van der Waals surface area contributed by atoms with Gasteiger partial charge in [-0.1, -0.05) is 30.8 Å². The van der Waals surface area contributed by atoms with Gasteiger partial charge in [0, 0.05) is 6.04 Å². The summed E-state index contributed by atoms with van der Waals surface area (Å²) in [5.74, 6) is 0.672. The van der Waals surface area contributed by atoms with Gasteiger partial charge in [0.2, 0.25) is 5.91 Å². The number of thioether (sulfide) groups is 1. The Hall–Kier alpha value is -2.32. The average molecular weight is 404 g/mol. The van der Waals surface area contributed by atoms with E-state index < -0.39 is 0 Å². The van der Waals surface area contributed by atoms with Crippen molar-refractivity contribution in [1.82, 2.24) is 14.9 Å². The summed E-state index contributed by atoms with van der Waals surface area (Å²) in [5, 5.41) is 5.24. The molecule has 0 aliphatic heterocycles. The number of hydrogen-bond acceptors (Lipinski definition) is 6. The first kappa shape index (κ1) is 19.4. The third kappa shape index (κ3) is 4.17. The summed E-state index contributed by atoms with van der Waals surface area (Å²) in [7, 11) is 1.56. The van der Waals surface area contributed by atoms with Gasteiger partial charge in [0.1, 0.15) is 10.4 Å². The maximum absolute atomic E-state index is 13.1. The molecule has 1 atom stereocenters. The molecule has 27 heavy (non-hydrogen) atoms. The number of benzene rings is 1. The fourth-order valence-electron chi connectivity index (χ4n) is 2.56. The van der Waals surface area contributed by atoms with Gasteiger partial charge in [-0.25, -0.2) is 4.98 Å². The largest absolute Gasteiger partial charge is 0.495 e. The minimum atomic E-state index is -0.163. The number of para-hydroxylation sites is 2. The molecule has 0 aliphatic rings. The first-order chi connectivity index (χ1) is 13.0.